The van der Waals surface area contributed by atoms with Crippen LogP contribution in [-0.4, -0.2) is 71.2 Å². The maximum absolute atomic E-state index is 13.1. The van der Waals surface area contributed by atoms with Crippen molar-refractivity contribution in [3.05, 3.63) is 0 Å². The molecule has 0 radical (unpaired) electrons. The maximum Gasteiger partial charge on any atom is 0.312 e. The van der Waals surface area contributed by atoms with E-state index in [4.69, 9.17) is 9.47 Å². The topological polar surface area (TPSA) is 79.2 Å². The van der Waals surface area contributed by atoms with Crippen molar-refractivity contribution in [3.63, 3.8) is 0 Å². The zero-order valence-corrected chi connectivity index (χ0v) is 17.1. The van der Waals surface area contributed by atoms with E-state index in [1.165, 1.54) is 0 Å². The fraction of sp³-hybridized carbons (Fsp3) is 0.955. The Labute approximate surface area is 166 Å². The number of rotatable bonds is 2. The standard InChI is InChI=1S/C22H33NO5/c1-4-23-10-20(2)7-6-13(27-3)22-12-9-11-5-8-21(26,14(12)19(25)28-11)15(18(22)23)16(24)17(20)22/h11-18,24,26H,4-10H2,1-3H3/t11-,12+,13-,14?,15-,16+,17?,18?,20-,21+,22-/m0/s1. The first-order valence-electron chi connectivity index (χ1n) is 11.2. The molecule has 7 fully saturated rings. The van der Waals surface area contributed by atoms with Crippen molar-refractivity contribution < 1.29 is 24.5 Å². The third kappa shape index (κ3) is 1.68. The molecular formula is C22H33NO5. The first-order valence-corrected chi connectivity index (χ1v) is 11.2. The number of likely N-dealkylation sites (tertiary alicyclic amines) is 1. The normalized spacial score (nSPS) is 61.8. The summed E-state index contributed by atoms with van der Waals surface area (Å²) in [5.41, 5.74) is -1.46. The third-order valence-corrected chi connectivity index (χ3v) is 10.1. The van der Waals surface area contributed by atoms with Gasteiger partial charge in [-0.3, -0.25) is 9.69 Å². The van der Waals surface area contributed by atoms with Gasteiger partial charge in [-0.1, -0.05) is 13.8 Å². The van der Waals surface area contributed by atoms with Crippen LogP contribution in [0.4, 0.5) is 0 Å². The number of nitrogens with zero attached hydrogens (tertiary/aromatic N) is 1. The quantitative estimate of drug-likeness (QED) is 0.689. The molecule has 0 amide bonds. The molecule has 0 aromatic rings. The zero-order valence-electron chi connectivity index (χ0n) is 17.1. The van der Waals surface area contributed by atoms with Crippen LogP contribution in [0.25, 0.3) is 0 Å². The molecule has 28 heavy (non-hydrogen) atoms. The van der Waals surface area contributed by atoms with Gasteiger partial charge in [-0.25, -0.2) is 0 Å². The van der Waals surface area contributed by atoms with Crippen LogP contribution in [-0.2, 0) is 14.3 Å². The molecule has 0 aromatic carbocycles. The van der Waals surface area contributed by atoms with Crippen molar-refractivity contribution >= 4 is 5.97 Å². The number of aliphatic hydroxyl groups excluding tert-OH is 1. The number of hydrogen-bond donors (Lipinski definition) is 2. The molecule has 4 aliphatic carbocycles. The van der Waals surface area contributed by atoms with Crippen molar-refractivity contribution in [1.29, 1.82) is 0 Å². The van der Waals surface area contributed by atoms with Crippen molar-refractivity contribution in [2.45, 2.75) is 75.9 Å². The zero-order chi connectivity index (χ0) is 19.6. The van der Waals surface area contributed by atoms with E-state index in [1.807, 2.05) is 0 Å². The van der Waals surface area contributed by atoms with Gasteiger partial charge in [0.05, 0.1) is 23.7 Å². The minimum atomic E-state index is -1.17. The van der Waals surface area contributed by atoms with Gasteiger partial charge in [0.2, 0.25) is 0 Å². The van der Waals surface area contributed by atoms with E-state index in [0.717, 1.165) is 32.4 Å². The first kappa shape index (κ1) is 18.1. The third-order valence-electron chi connectivity index (χ3n) is 10.1. The second-order valence-electron chi connectivity index (χ2n) is 10.8. The number of ether oxygens (including phenoxy) is 2. The average Bonchev–Trinajstić information content (AvgIpc) is 2.73. The molecule has 9 bridgehead atoms. The van der Waals surface area contributed by atoms with Gasteiger partial charge >= 0.3 is 5.97 Å². The van der Waals surface area contributed by atoms with Crippen molar-refractivity contribution in [2.75, 3.05) is 20.2 Å². The highest BCUT2D eigenvalue weighted by Gasteiger charge is 2.84. The lowest BCUT2D eigenvalue weighted by Gasteiger charge is -2.69. The van der Waals surface area contributed by atoms with E-state index >= 15 is 0 Å². The Hall–Kier alpha value is -0.690. The number of carbonyl (C=O) groups excluding carboxylic acids is 1. The monoisotopic (exact) mass is 391 g/mol. The molecule has 6 nitrogen and oxygen atoms in total. The SMILES string of the molecule is CCN1C[C@]2(C)CC[C@H](OC)[C@]34C1[C@H]([C@@H](O)C23)[C@@]1(O)CC[C@H]2C[C@@H]4C1C(=O)O2. The summed E-state index contributed by atoms with van der Waals surface area (Å²) in [7, 11) is 1.79. The summed E-state index contributed by atoms with van der Waals surface area (Å²) in [6.07, 6.45) is 3.38. The summed E-state index contributed by atoms with van der Waals surface area (Å²) in [6.45, 7) is 6.38. The molecular weight excluding hydrogens is 358 g/mol. The fourth-order valence-electron chi connectivity index (χ4n) is 9.64. The van der Waals surface area contributed by atoms with Crippen LogP contribution in [0.15, 0.2) is 0 Å². The molecule has 3 unspecified atom stereocenters. The number of esters is 1. The maximum atomic E-state index is 13.1. The highest BCUT2D eigenvalue weighted by molar-refractivity contribution is 5.77. The first-order chi connectivity index (χ1) is 13.3. The van der Waals surface area contributed by atoms with Crippen LogP contribution >= 0.6 is 0 Å². The van der Waals surface area contributed by atoms with Crippen molar-refractivity contribution in [3.8, 4) is 0 Å². The van der Waals surface area contributed by atoms with Gasteiger partial charge in [0.15, 0.2) is 0 Å². The Bertz CT molecular complexity index is 730. The summed E-state index contributed by atoms with van der Waals surface area (Å²) >= 11 is 0. The summed E-state index contributed by atoms with van der Waals surface area (Å²) in [5.74, 6) is -0.969. The Morgan fingerprint density at radius 2 is 2.11 bits per heavy atom. The van der Waals surface area contributed by atoms with Gasteiger partial charge in [-0.15, -0.1) is 0 Å². The van der Waals surface area contributed by atoms with E-state index in [9.17, 15) is 15.0 Å². The van der Waals surface area contributed by atoms with E-state index in [-0.39, 0.29) is 52.8 Å². The lowest BCUT2D eigenvalue weighted by atomic mass is 9.42. The Morgan fingerprint density at radius 3 is 2.82 bits per heavy atom. The highest BCUT2D eigenvalue weighted by Crippen LogP contribution is 2.77. The number of carbonyl (C=O) groups is 1. The summed E-state index contributed by atoms with van der Waals surface area (Å²) in [4.78, 5) is 15.6. The molecule has 156 valence electrons. The van der Waals surface area contributed by atoms with Crippen LogP contribution < -0.4 is 0 Å². The van der Waals surface area contributed by atoms with Gasteiger partial charge in [0.25, 0.3) is 0 Å². The predicted molar refractivity (Wildman–Crippen MR) is 100 cm³/mol. The van der Waals surface area contributed by atoms with Gasteiger partial charge in [0.1, 0.15) is 6.10 Å². The second kappa shape index (κ2) is 5.32. The smallest absolute Gasteiger partial charge is 0.312 e. The second-order valence-corrected chi connectivity index (χ2v) is 10.8. The molecule has 11 atom stereocenters. The van der Waals surface area contributed by atoms with E-state index < -0.39 is 17.6 Å². The van der Waals surface area contributed by atoms with E-state index in [0.29, 0.717) is 12.8 Å². The largest absolute Gasteiger partial charge is 0.462 e. The molecule has 3 aliphatic heterocycles. The molecule has 2 N–H and O–H groups in total. The lowest BCUT2D eigenvalue weighted by Crippen LogP contribution is -2.76. The number of methoxy groups -OCH3 is 1. The summed E-state index contributed by atoms with van der Waals surface area (Å²) in [5, 5.41) is 23.9. The van der Waals surface area contributed by atoms with Crippen molar-refractivity contribution in [1.82, 2.24) is 4.90 Å². The Balaban J connectivity index is 1.66. The summed E-state index contributed by atoms with van der Waals surface area (Å²) in [6, 6.07) is 0.0757. The molecule has 7 rings (SSSR count). The molecule has 1 spiro atoms. The van der Waals surface area contributed by atoms with Gasteiger partial charge in [-0.05, 0) is 50.0 Å². The average molecular weight is 392 g/mol. The van der Waals surface area contributed by atoms with Crippen LogP contribution in [0.2, 0.25) is 0 Å². The number of fused-ring (bicyclic) bond motifs is 2. The molecule has 3 heterocycles. The lowest BCUT2D eigenvalue weighted by molar-refractivity contribution is -0.269. The molecule has 3 saturated heterocycles. The van der Waals surface area contributed by atoms with Crippen LogP contribution in [0.5, 0.6) is 0 Å². The van der Waals surface area contributed by atoms with Crippen molar-refractivity contribution in [2.24, 2.45) is 34.5 Å². The van der Waals surface area contributed by atoms with Gasteiger partial charge < -0.3 is 19.7 Å². The Morgan fingerprint density at radius 1 is 1.32 bits per heavy atom. The Kier molecular flexibility index (Phi) is 3.44. The minimum absolute atomic E-state index is 0.0123. The van der Waals surface area contributed by atoms with Gasteiger partial charge in [-0.2, -0.15) is 0 Å². The van der Waals surface area contributed by atoms with Crippen LogP contribution in [0, 0.1) is 34.5 Å². The highest BCUT2D eigenvalue weighted by atomic mass is 16.5. The van der Waals surface area contributed by atoms with Crippen LogP contribution in [0.1, 0.15) is 46.0 Å². The predicted octanol–water partition coefficient (Wildman–Crippen LogP) is 1.19. The van der Waals surface area contributed by atoms with E-state index in [1.54, 1.807) is 7.11 Å². The number of hydrogen-bond acceptors (Lipinski definition) is 6. The number of piperidine rings is 1. The fourth-order valence-corrected chi connectivity index (χ4v) is 9.64. The molecule has 6 heteroatoms. The van der Waals surface area contributed by atoms with Crippen LogP contribution in [0.3, 0.4) is 0 Å². The summed E-state index contributed by atoms with van der Waals surface area (Å²) < 4.78 is 11.9. The molecule has 7 aliphatic rings. The number of aliphatic hydroxyl groups is 2. The van der Waals surface area contributed by atoms with Gasteiger partial charge in [0, 0.05) is 36.9 Å². The minimum Gasteiger partial charge on any atom is -0.462 e. The van der Waals surface area contributed by atoms with E-state index in [2.05, 4.69) is 18.7 Å². The molecule has 0 aromatic heterocycles. The molecule has 4 saturated carbocycles.